The summed E-state index contributed by atoms with van der Waals surface area (Å²) in [7, 11) is 3.37. The molecule has 0 radical (unpaired) electrons. The number of amidine groups is 1. The molecule has 7 nitrogen and oxygen atoms in total. The van der Waals surface area contributed by atoms with Crippen LogP contribution in [0.15, 0.2) is 29.3 Å². The number of hydrogen-bond acceptors (Lipinski definition) is 5. The van der Waals surface area contributed by atoms with Gasteiger partial charge in [0.05, 0.1) is 0 Å². The molecule has 1 saturated heterocycles. The van der Waals surface area contributed by atoms with Crippen LogP contribution in [0.1, 0.15) is 29.6 Å². The molecule has 0 spiro atoms. The first kappa shape index (κ1) is 18.4. The average Bonchev–Trinajstić information content (AvgIpc) is 3.25. The molecule has 1 aromatic rings. The fourth-order valence-electron chi connectivity index (χ4n) is 2.89. The number of benzene rings is 1. The highest BCUT2D eigenvalue weighted by molar-refractivity contribution is 8.15. The fourth-order valence-corrected chi connectivity index (χ4v) is 4.00. The Hall–Kier alpha value is -2.35. The van der Waals surface area contributed by atoms with Crippen LogP contribution in [0.4, 0.5) is 5.69 Å². The van der Waals surface area contributed by atoms with Crippen LogP contribution >= 0.6 is 11.8 Å². The van der Waals surface area contributed by atoms with Gasteiger partial charge in [0.2, 0.25) is 5.91 Å². The fraction of sp³-hybridized carbons (Fsp3) is 0.444. The van der Waals surface area contributed by atoms with Crippen LogP contribution < -0.4 is 5.32 Å². The van der Waals surface area contributed by atoms with E-state index in [0.29, 0.717) is 11.3 Å². The van der Waals surface area contributed by atoms with Gasteiger partial charge in [-0.25, -0.2) is 0 Å². The first-order chi connectivity index (χ1) is 12.4. The Morgan fingerprint density at radius 2 is 1.88 bits per heavy atom. The molecule has 0 aromatic heterocycles. The quantitative estimate of drug-likeness (QED) is 0.869. The second-order valence-corrected chi connectivity index (χ2v) is 7.73. The number of aliphatic imine (C=N–C) groups is 1. The summed E-state index contributed by atoms with van der Waals surface area (Å²) in [6.45, 7) is 1.85. The molecule has 1 aromatic carbocycles. The summed E-state index contributed by atoms with van der Waals surface area (Å²) in [5.74, 6) is -0.568. The number of likely N-dealkylation sites (tertiary alicyclic amines) is 1. The molecule has 0 aliphatic carbocycles. The SMILES string of the molecule is CN(C)C(=O)c1ccc(NC(=O)C[C@H]2SC(N3CCCC3)=NC2=O)cc1. The van der Waals surface area contributed by atoms with E-state index >= 15 is 0 Å². The van der Waals surface area contributed by atoms with Crippen molar-refractivity contribution in [3.8, 4) is 0 Å². The molecule has 1 N–H and O–H groups in total. The molecule has 2 aliphatic rings. The van der Waals surface area contributed by atoms with Gasteiger partial charge >= 0.3 is 0 Å². The van der Waals surface area contributed by atoms with E-state index < -0.39 is 5.25 Å². The van der Waals surface area contributed by atoms with E-state index in [1.54, 1.807) is 38.4 Å². The summed E-state index contributed by atoms with van der Waals surface area (Å²) in [5, 5.41) is 3.06. The zero-order valence-corrected chi connectivity index (χ0v) is 15.7. The molecule has 0 saturated carbocycles. The Kier molecular flexibility index (Phi) is 5.61. The van der Waals surface area contributed by atoms with E-state index in [4.69, 9.17) is 0 Å². The van der Waals surface area contributed by atoms with Crippen LogP contribution in [-0.2, 0) is 9.59 Å². The van der Waals surface area contributed by atoms with Crippen LogP contribution in [0.5, 0.6) is 0 Å². The third kappa shape index (κ3) is 4.24. The molecule has 2 aliphatic heterocycles. The molecule has 8 heteroatoms. The average molecular weight is 374 g/mol. The van der Waals surface area contributed by atoms with Crippen molar-refractivity contribution in [2.75, 3.05) is 32.5 Å². The topological polar surface area (TPSA) is 82.1 Å². The zero-order valence-electron chi connectivity index (χ0n) is 14.9. The molecular weight excluding hydrogens is 352 g/mol. The van der Waals surface area contributed by atoms with Crippen LogP contribution in [0.25, 0.3) is 0 Å². The van der Waals surface area contributed by atoms with Crippen LogP contribution in [0.3, 0.4) is 0 Å². The van der Waals surface area contributed by atoms with Crippen molar-refractivity contribution in [1.29, 1.82) is 0 Å². The van der Waals surface area contributed by atoms with E-state index in [0.717, 1.165) is 31.1 Å². The number of anilines is 1. The molecule has 2 heterocycles. The zero-order chi connectivity index (χ0) is 18.7. The Morgan fingerprint density at radius 3 is 2.50 bits per heavy atom. The van der Waals surface area contributed by atoms with Crippen LogP contribution in [-0.4, -0.2) is 65.1 Å². The van der Waals surface area contributed by atoms with E-state index in [-0.39, 0.29) is 24.1 Å². The number of amides is 3. The van der Waals surface area contributed by atoms with Crippen LogP contribution in [0, 0.1) is 0 Å². The molecule has 0 unspecified atom stereocenters. The molecule has 0 bridgehead atoms. The lowest BCUT2D eigenvalue weighted by atomic mass is 10.2. The molecule has 26 heavy (non-hydrogen) atoms. The molecule has 3 rings (SSSR count). The Morgan fingerprint density at radius 1 is 1.23 bits per heavy atom. The maximum atomic E-state index is 12.3. The maximum absolute atomic E-state index is 12.3. The molecule has 1 fully saturated rings. The van der Waals surface area contributed by atoms with E-state index in [1.165, 1.54) is 16.7 Å². The predicted molar refractivity (Wildman–Crippen MR) is 102 cm³/mol. The highest BCUT2D eigenvalue weighted by Crippen LogP contribution is 2.29. The van der Waals surface area contributed by atoms with Gasteiger partial charge in [-0.3, -0.25) is 14.4 Å². The lowest BCUT2D eigenvalue weighted by molar-refractivity contribution is -0.121. The molecule has 1 atom stereocenters. The lowest BCUT2D eigenvalue weighted by Gasteiger charge is -2.16. The summed E-state index contributed by atoms with van der Waals surface area (Å²) in [6.07, 6.45) is 2.32. The van der Waals surface area contributed by atoms with Gasteiger partial charge in [0.25, 0.3) is 11.8 Å². The first-order valence-corrected chi connectivity index (χ1v) is 9.48. The van der Waals surface area contributed by atoms with E-state index in [9.17, 15) is 14.4 Å². The number of hydrogen-bond donors (Lipinski definition) is 1. The summed E-state index contributed by atoms with van der Waals surface area (Å²) < 4.78 is 0. The third-order valence-electron chi connectivity index (χ3n) is 4.30. The van der Waals surface area contributed by atoms with Gasteiger partial charge in [0.15, 0.2) is 5.17 Å². The van der Waals surface area contributed by atoms with Gasteiger partial charge in [-0.2, -0.15) is 4.99 Å². The number of carbonyl (C=O) groups excluding carboxylic acids is 3. The van der Waals surface area contributed by atoms with Gasteiger partial charge in [-0.15, -0.1) is 0 Å². The third-order valence-corrected chi connectivity index (χ3v) is 5.51. The Bertz CT molecular complexity index is 739. The van der Waals surface area contributed by atoms with Crippen molar-refractivity contribution >= 4 is 40.3 Å². The van der Waals surface area contributed by atoms with Crippen molar-refractivity contribution in [3.05, 3.63) is 29.8 Å². The molecular formula is C18H22N4O3S. The summed E-state index contributed by atoms with van der Waals surface area (Å²) in [5.41, 5.74) is 1.15. The summed E-state index contributed by atoms with van der Waals surface area (Å²) in [4.78, 5) is 43.9. The van der Waals surface area contributed by atoms with E-state index in [1.807, 2.05) is 0 Å². The molecule has 3 amide bonds. The number of nitrogens with zero attached hydrogens (tertiary/aromatic N) is 3. The maximum Gasteiger partial charge on any atom is 0.262 e. The van der Waals surface area contributed by atoms with Gasteiger partial charge in [0.1, 0.15) is 5.25 Å². The van der Waals surface area contributed by atoms with Crippen molar-refractivity contribution < 1.29 is 14.4 Å². The standard InChI is InChI=1S/C18H22N4O3S/c1-21(2)17(25)12-5-7-13(8-6-12)19-15(23)11-14-16(24)20-18(26-14)22-9-3-4-10-22/h5-8,14H,3-4,9-11H2,1-2H3,(H,19,23)/t14-/m1/s1. The summed E-state index contributed by atoms with van der Waals surface area (Å²) >= 11 is 1.38. The highest BCUT2D eigenvalue weighted by Gasteiger charge is 2.33. The van der Waals surface area contributed by atoms with Gasteiger partial charge in [0, 0.05) is 44.9 Å². The first-order valence-electron chi connectivity index (χ1n) is 8.60. The van der Waals surface area contributed by atoms with E-state index in [2.05, 4.69) is 15.2 Å². The largest absolute Gasteiger partial charge is 0.351 e. The minimum absolute atomic E-state index is 0.0860. The summed E-state index contributed by atoms with van der Waals surface area (Å²) in [6, 6.07) is 6.71. The highest BCUT2D eigenvalue weighted by atomic mass is 32.2. The second-order valence-electron chi connectivity index (χ2n) is 6.56. The molecule has 138 valence electrons. The monoisotopic (exact) mass is 374 g/mol. The predicted octanol–water partition coefficient (Wildman–Crippen LogP) is 1.81. The minimum Gasteiger partial charge on any atom is -0.351 e. The smallest absolute Gasteiger partial charge is 0.262 e. The van der Waals surface area contributed by atoms with Crippen molar-refractivity contribution in [2.45, 2.75) is 24.5 Å². The Balaban J connectivity index is 1.53. The number of carbonyl (C=O) groups is 3. The normalized spacial score (nSPS) is 19.5. The number of rotatable bonds is 4. The lowest BCUT2D eigenvalue weighted by Crippen LogP contribution is -2.25. The number of nitrogens with one attached hydrogen (secondary N) is 1. The van der Waals surface area contributed by atoms with Crippen LogP contribution in [0.2, 0.25) is 0 Å². The second kappa shape index (κ2) is 7.90. The van der Waals surface area contributed by atoms with Gasteiger partial charge < -0.3 is 15.1 Å². The van der Waals surface area contributed by atoms with Crippen molar-refractivity contribution in [3.63, 3.8) is 0 Å². The van der Waals surface area contributed by atoms with Gasteiger partial charge in [-0.1, -0.05) is 11.8 Å². The minimum atomic E-state index is -0.458. The van der Waals surface area contributed by atoms with Crippen molar-refractivity contribution in [2.24, 2.45) is 4.99 Å². The van der Waals surface area contributed by atoms with Crippen molar-refractivity contribution in [1.82, 2.24) is 9.80 Å². The Labute approximate surface area is 156 Å². The van der Waals surface area contributed by atoms with Gasteiger partial charge in [-0.05, 0) is 37.1 Å². The number of thioether (sulfide) groups is 1.